The van der Waals surface area contributed by atoms with Crippen LogP contribution in [0, 0.1) is 0 Å². The zero-order chi connectivity index (χ0) is 16.3. The minimum atomic E-state index is -3.35. The molecule has 0 radical (unpaired) electrons. The molecule has 0 bridgehead atoms. The van der Waals surface area contributed by atoms with E-state index in [4.69, 9.17) is 4.52 Å². The number of rotatable bonds is 5. The predicted molar refractivity (Wildman–Crippen MR) is 84.9 cm³/mol. The minimum Gasteiger partial charge on any atom is -0.364 e. The molecule has 8 heteroatoms. The number of sulfonamides is 1. The second kappa shape index (κ2) is 6.77. The second-order valence-corrected chi connectivity index (χ2v) is 7.58. The molecule has 0 aromatic carbocycles. The fraction of sp³-hybridized carbons (Fsp3) is 0.467. The fourth-order valence-corrected chi connectivity index (χ4v) is 4.19. The quantitative estimate of drug-likeness (QED) is 0.818. The Morgan fingerprint density at radius 2 is 2.00 bits per heavy atom. The van der Waals surface area contributed by atoms with Crippen LogP contribution < -0.4 is 0 Å². The molecule has 3 rings (SSSR count). The van der Waals surface area contributed by atoms with Crippen LogP contribution in [-0.2, 0) is 15.8 Å². The Kier molecular flexibility index (Phi) is 4.74. The molecule has 2 aromatic heterocycles. The van der Waals surface area contributed by atoms with Crippen LogP contribution in [0.4, 0.5) is 0 Å². The van der Waals surface area contributed by atoms with Crippen LogP contribution in [0.5, 0.6) is 0 Å². The number of nitrogens with zero attached hydrogens (tertiary/aromatic N) is 4. The van der Waals surface area contributed by atoms with Crippen molar-refractivity contribution in [2.24, 2.45) is 0 Å². The van der Waals surface area contributed by atoms with E-state index in [-0.39, 0.29) is 11.8 Å². The lowest BCUT2D eigenvalue weighted by Crippen LogP contribution is -2.49. The first-order valence-electron chi connectivity index (χ1n) is 7.58. The van der Waals surface area contributed by atoms with Crippen molar-refractivity contribution in [3.8, 4) is 0 Å². The first-order valence-corrected chi connectivity index (χ1v) is 9.19. The highest BCUT2D eigenvalue weighted by molar-refractivity contribution is 7.88. The van der Waals surface area contributed by atoms with Crippen molar-refractivity contribution in [1.29, 1.82) is 0 Å². The Balaban J connectivity index is 1.60. The molecule has 1 aliphatic rings. The summed E-state index contributed by atoms with van der Waals surface area (Å²) in [7, 11) is -3.35. The van der Waals surface area contributed by atoms with E-state index in [0.29, 0.717) is 31.9 Å². The summed E-state index contributed by atoms with van der Waals surface area (Å²) >= 11 is 0. The normalized spacial score (nSPS) is 18.8. The summed E-state index contributed by atoms with van der Waals surface area (Å²) in [5.74, 6) is -0.112. The molecule has 1 unspecified atom stereocenters. The van der Waals surface area contributed by atoms with E-state index < -0.39 is 10.0 Å². The second-order valence-electron chi connectivity index (χ2n) is 5.61. The maximum Gasteiger partial charge on any atom is 0.220 e. The number of aromatic nitrogens is 2. The predicted octanol–water partition coefficient (Wildman–Crippen LogP) is 1.28. The molecule has 0 spiro atoms. The number of hydrogen-bond donors (Lipinski definition) is 0. The summed E-state index contributed by atoms with van der Waals surface area (Å²) in [6.07, 6.45) is 3.17. The van der Waals surface area contributed by atoms with Crippen LogP contribution in [0.3, 0.4) is 0 Å². The molecule has 2 aromatic rings. The lowest BCUT2D eigenvalue weighted by Gasteiger charge is -2.37. The highest BCUT2D eigenvalue weighted by atomic mass is 32.2. The Morgan fingerprint density at radius 1 is 1.22 bits per heavy atom. The molecule has 7 nitrogen and oxygen atoms in total. The van der Waals surface area contributed by atoms with Gasteiger partial charge in [-0.05, 0) is 19.1 Å². The molecule has 1 aliphatic heterocycles. The SMILES string of the molecule is CC(c1ccccn1)N1CCN(S(=O)(=O)Cc2ccon2)CC1. The standard InChI is InChI=1S/C15H20N4O3S/c1-13(15-4-2-3-6-16-15)18-7-9-19(10-8-18)23(20,21)12-14-5-11-22-17-14/h2-6,11,13H,7-10,12H2,1H3. The molecule has 0 aliphatic carbocycles. The summed E-state index contributed by atoms with van der Waals surface area (Å²) in [5.41, 5.74) is 1.45. The Hall–Kier alpha value is -1.77. The van der Waals surface area contributed by atoms with Crippen LogP contribution in [0.15, 0.2) is 41.2 Å². The van der Waals surface area contributed by atoms with Crippen LogP contribution >= 0.6 is 0 Å². The van der Waals surface area contributed by atoms with Crippen molar-refractivity contribution in [2.45, 2.75) is 18.7 Å². The van der Waals surface area contributed by atoms with Gasteiger partial charge in [0.15, 0.2) is 0 Å². The number of piperazine rings is 1. The van der Waals surface area contributed by atoms with Gasteiger partial charge < -0.3 is 4.52 Å². The Bertz CT molecular complexity index is 710. The van der Waals surface area contributed by atoms with Crippen molar-refractivity contribution in [2.75, 3.05) is 26.2 Å². The molecule has 23 heavy (non-hydrogen) atoms. The van der Waals surface area contributed by atoms with E-state index in [2.05, 4.69) is 22.0 Å². The van der Waals surface area contributed by atoms with Gasteiger partial charge in [0.05, 0.1) is 11.4 Å². The highest BCUT2D eigenvalue weighted by Crippen LogP contribution is 2.21. The van der Waals surface area contributed by atoms with Crippen LogP contribution in [0.25, 0.3) is 0 Å². The molecule has 0 amide bonds. The summed E-state index contributed by atoms with van der Waals surface area (Å²) < 4.78 is 31.1. The molecule has 0 N–H and O–H groups in total. The average Bonchev–Trinajstić information content (AvgIpc) is 3.07. The summed E-state index contributed by atoms with van der Waals surface area (Å²) in [6, 6.07) is 7.62. The highest BCUT2D eigenvalue weighted by Gasteiger charge is 2.30. The fourth-order valence-electron chi connectivity index (χ4n) is 2.77. The Labute approximate surface area is 136 Å². The molecular weight excluding hydrogens is 316 g/mol. The largest absolute Gasteiger partial charge is 0.364 e. The first-order chi connectivity index (χ1) is 11.1. The maximum atomic E-state index is 12.4. The topological polar surface area (TPSA) is 79.5 Å². The summed E-state index contributed by atoms with van der Waals surface area (Å²) in [4.78, 5) is 6.63. The van der Waals surface area contributed by atoms with Gasteiger partial charge >= 0.3 is 0 Å². The molecule has 1 atom stereocenters. The lowest BCUT2D eigenvalue weighted by atomic mass is 10.1. The first kappa shape index (κ1) is 16.1. The molecule has 3 heterocycles. The van der Waals surface area contributed by atoms with Crippen LogP contribution in [0.2, 0.25) is 0 Å². The Morgan fingerprint density at radius 3 is 2.61 bits per heavy atom. The van der Waals surface area contributed by atoms with E-state index in [9.17, 15) is 8.42 Å². The van der Waals surface area contributed by atoms with Crippen molar-refractivity contribution < 1.29 is 12.9 Å². The van der Waals surface area contributed by atoms with Crippen molar-refractivity contribution in [1.82, 2.24) is 19.3 Å². The van der Waals surface area contributed by atoms with Gasteiger partial charge in [-0.25, -0.2) is 8.42 Å². The van der Waals surface area contributed by atoms with Crippen molar-refractivity contribution in [3.05, 3.63) is 48.1 Å². The van der Waals surface area contributed by atoms with Crippen LogP contribution in [0.1, 0.15) is 24.4 Å². The van der Waals surface area contributed by atoms with E-state index >= 15 is 0 Å². The van der Waals surface area contributed by atoms with Gasteiger partial charge in [0.2, 0.25) is 10.0 Å². The molecule has 0 saturated carbocycles. The van der Waals surface area contributed by atoms with Gasteiger partial charge in [-0.15, -0.1) is 0 Å². The van der Waals surface area contributed by atoms with Crippen molar-refractivity contribution in [3.63, 3.8) is 0 Å². The third kappa shape index (κ3) is 3.77. The molecule has 1 fully saturated rings. The minimum absolute atomic E-state index is 0.112. The molecule has 124 valence electrons. The van der Waals surface area contributed by atoms with Gasteiger partial charge in [0.1, 0.15) is 12.0 Å². The van der Waals surface area contributed by atoms with Gasteiger partial charge in [-0.1, -0.05) is 11.2 Å². The maximum absolute atomic E-state index is 12.4. The van der Waals surface area contributed by atoms with E-state index in [0.717, 1.165) is 5.69 Å². The summed E-state index contributed by atoms with van der Waals surface area (Å²) in [5, 5.41) is 3.68. The third-order valence-corrected chi connectivity index (χ3v) is 5.96. The lowest BCUT2D eigenvalue weighted by molar-refractivity contribution is 0.143. The third-order valence-electron chi connectivity index (χ3n) is 4.15. The van der Waals surface area contributed by atoms with Gasteiger partial charge in [0.25, 0.3) is 0 Å². The van der Waals surface area contributed by atoms with E-state index in [1.807, 2.05) is 18.2 Å². The molecular formula is C15H20N4O3S. The van der Waals surface area contributed by atoms with Gasteiger partial charge in [-0.2, -0.15) is 4.31 Å². The monoisotopic (exact) mass is 336 g/mol. The van der Waals surface area contributed by atoms with E-state index in [1.54, 1.807) is 12.3 Å². The molecule has 1 saturated heterocycles. The number of hydrogen-bond acceptors (Lipinski definition) is 6. The van der Waals surface area contributed by atoms with Gasteiger partial charge in [-0.3, -0.25) is 9.88 Å². The van der Waals surface area contributed by atoms with Crippen LogP contribution in [-0.4, -0.2) is 53.9 Å². The van der Waals surface area contributed by atoms with Crippen molar-refractivity contribution >= 4 is 10.0 Å². The summed E-state index contributed by atoms with van der Waals surface area (Å²) in [6.45, 7) is 4.45. The van der Waals surface area contributed by atoms with Gasteiger partial charge in [0, 0.05) is 44.5 Å². The number of pyridine rings is 1. The average molecular weight is 336 g/mol. The van der Waals surface area contributed by atoms with E-state index in [1.165, 1.54) is 10.6 Å². The smallest absolute Gasteiger partial charge is 0.220 e. The zero-order valence-corrected chi connectivity index (χ0v) is 13.8. The zero-order valence-electron chi connectivity index (χ0n) is 13.0.